The highest BCUT2D eigenvalue weighted by Gasteiger charge is 2.22. The van der Waals surface area contributed by atoms with E-state index in [1.165, 1.54) is 13.3 Å². The lowest BCUT2D eigenvalue weighted by molar-refractivity contribution is -0.151. The van der Waals surface area contributed by atoms with E-state index in [9.17, 15) is 9.59 Å². The van der Waals surface area contributed by atoms with Gasteiger partial charge in [-0.1, -0.05) is 19.3 Å². The Hall–Kier alpha value is -1.91. The SMILES string of the molecule is CC(=O)Oc1cc(COC(=O)C2CCCCC2)cnc1C. The summed E-state index contributed by atoms with van der Waals surface area (Å²) in [6.07, 6.45) is 6.88. The first-order valence-electron chi connectivity index (χ1n) is 7.37. The van der Waals surface area contributed by atoms with Gasteiger partial charge in [0.2, 0.25) is 0 Å². The minimum atomic E-state index is -0.392. The van der Waals surface area contributed by atoms with Crippen molar-refractivity contribution >= 4 is 11.9 Å². The van der Waals surface area contributed by atoms with Crippen LogP contribution in [-0.4, -0.2) is 16.9 Å². The average molecular weight is 291 g/mol. The van der Waals surface area contributed by atoms with Crippen LogP contribution in [0.2, 0.25) is 0 Å². The normalized spacial score (nSPS) is 15.5. The van der Waals surface area contributed by atoms with Crippen molar-refractivity contribution in [1.82, 2.24) is 4.98 Å². The summed E-state index contributed by atoms with van der Waals surface area (Å²) in [4.78, 5) is 27.1. The van der Waals surface area contributed by atoms with E-state index in [0.29, 0.717) is 11.4 Å². The summed E-state index contributed by atoms with van der Waals surface area (Å²) in [6, 6.07) is 1.69. The standard InChI is InChI=1S/C16H21NO4/c1-11-15(21-12(2)18)8-13(9-17-11)10-20-16(19)14-6-4-3-5-7-14/h8-9,14H,3-7,10H2,1-2H3. The maximum atomic E-state index is 12.0. The Morgan fingerprint density at radius 2 is 2.00 bits per heavy atom. The van der Waals surface area contributed by atoms with Gasteiger partial charge in [0.1, 0.15) is 6.61 Å². The minimum absolute atomic E-state index is 0.0325. The van der Waals surface area contributed by atoms with Crippen LogP contribution in [0.4, 0.5) is 0 Å². The molecule has 5 nitrogen and oxygen atoms in total. The number of hydrogen-bond acceptors (Lipinski definition) is 5. The van der Waals surface area contributed by atoms with Crippen LogP contribution in [0.15, 0.2) is 12.3 Å². The number of esters is 2. The molecule has 114 valence electrons. The predicted molar refractivity (Wildman–Crippen MR) is 76.7 cm³/mol. The highest BCUT2D eigenvalue weighted by atomic mass is 16.5. The van der Waals surface area contributed by atoms with Crippen LogP contribution in [-0.2, 0) is 20.9 Å². The largest absolute Gasteiger partial charge is 0.461 e. The molecule has 1 heterocycles. The predicted octanol–water partition coefficient (Wildman–Crippen LogP) is 2.94. The van der Waals surface area contributed by atoms with Gasteiger partial charge in [-0.15, -0.1) is 0 Å². The van der Waals surface area contributed by atoms with Crippen LogP contribution in [0.5, 0.6) is 5.75 Å². The molecule has 0 aromatic carbocycles. The van der Waals surface area contributed by atoms with Crippen molar-refractivity contribution < 1.29 is 19.1 Å². The molecular weight excluding hydrogens is 270 g/mol. The van der Waals surface area contributed by atoms with E-state index in [2.05, 4.69) is 4.98 Å². The van der Waals surface area contributed by atoms with E-state index >= 15 is 0 Å². The fraction of sp³-hybridized carbons (Fsp3) is 0.562. The molecule has 0 spiro atoms. The monoisotopic (exact) mass is 291 g/mol. The van der Waals surface area contributed by atoms with Gasteiger partial charge in [-0.05, 0) is 25.8 Å². The lowest BCUT2D eigenvalue weighted by Crippen LogP contribution is -2.20. The quantitative estimate of drug-likeness (QED) is 0.798. The third-order valence-corrected chi connectivity index (χ3v) is 3.67. The van der Waals surface area contributed by atoms with E-state index in [1.54, 1.807) is 19.2 Å². The van der Waals surface area contributed by atoms with Crippen LogP contribution >= 0.6 is 0 Å². The number of nitrogens with zero attached hydrogens (tertiary/aromatic N) is 1. The molecule has 1 aromatic heterocycles. The van der Waals surface area contributed by atoms with E-state index < -0.39 is 5.97 Å². The Bertz CT molecular complexity index is 521. The first-order valence-corrected chi connectivity index (χ1v) is 7.37. The number of rotatable bonds is 4. The van der Waals surface area contributed by atoms with Gasteiger partial charge in [0, 0.05) is 18.7 Å². The zero-order chi connectivity index (χ0) is 15.2. The van der Waals surface area contributed by atoms with Gasteiger partial charge in [-0.3, -0.25) is 14.6 Å². The summed E-state index contributed by atoms with van der Waals surface area (Å²) in [6.45, 7) is 3.27. The van der Waals surface area contributed by atoms with Crippen LogP contribution < -0.4 is 4.74 Å². The van der Waals surface area contributed by atoms with Crippen molar-refractivity contribution in [1.29, 1.82) is 0 Å². The third-order valence-electron chi connectivity index (χ3n) is 3.67. The van der Waals surface area contributed by atoms with Crippen LogP contribution in [0.3, 0.4) is 0 Å². The fourth-order valence-electron chi connectivity index (χ4n) is 2.50. The molecule has 0 aliphatic heterocycles. The first-order chi connectivity index (χ1) is 10.1. The molecule has 1 aliphatic rings. The lowest BCUT2D eigenvalue weighted by atomic mass is 9.89. The highest BCUT2D eigenvalue weighted by molar-refractivity contribution is 5.72. The Labute approximate surface area is 124 Å². The molecule has 1 saturated carbocycles. The summed E-state index contributed by atoms with van der Waals surface area (Å²) in [7, 11) is 0. The number of carbonyl (C=O) groups is 2. The third kappa shape index (κ3) is 4.55. The average Bonchev–Trinajstić information content (AvgIpc) is 2.48. The topological polar surface area (TPSA) is 65.5 Å². The molecule has 0 bridgehead atoms. The first kappa shape index (κ1) is 15.5. The molecule has 0 N–H and O–H groups in total. The number of aromatic nitrogens is 1. The number of aryl methyl sites for hydroxylation is 1. The van der Waals surface area contributed by atoms with Gasteiger partial charge in [0.25, 0.3) is 0 Å². The Morgan fingerprint density at radius 1 is 1.29 bits per heavy atom. The summed E-state index contributed by atoms with van der Waals surface area (Å²) >= 11 is 0. The van der Waals surface area contributed by atoms with E-state index in [-0.39, 0.29) is 18.5 Å². The molecule has 0 saturated heterocycles. The van der Waals surface area contributed by atoms with Crippen molar-refractivity contribution in [2.75, 3.05) is 0 Å². The molecule has 0 amide bonds. The summed E-state index contributed by atoms with van der Waals surface area (Å²) in [5.41, 5.74) is 1.36. The van der Waals surface area contributed by atoms with Crippen molar-refractivity contribution in [3.63, 3.8) is 0 Å². The van der Waals surface area contributed by atoms with Crippen molar-refractivity contribution in [2.45, 2.75) is 52.6 Å². The maximum Gasteiger partial charge on any atom is 0.309 e. The van der Waals surface area contributed by atoms with Gasteiger partial charge < -0.3 is 9.47 Å². The Morgan fingerprint density at radius 3 is 2.67 bits per heavy atom. The van der Waals surface area contributed by atoms with E-state index in [0.717, 1.165) is 31.2 Å². The molecular formula is C16H21NO4. The molecule has 0 atom stereocenters. The van der Waals surface area contributed by atoms with Crippen LogP contribution in [0, 0.1) is 12.8 Å². The van der Waals surface area contributed by atoms with E-state index in [4.69, 9.17) is 9.47 Å². The molecule has 2 rings (SSSR count). The summed E-state index contributed by atoms with van der Waals surface area (Å²) < 4.78 is 10.4. The van der Waals surface area contributed by atoms with Gasteiger partial charge >= 0.3 is 11.9 Å². The fourth-order valence-corrected chi connectivity index (χ4v) is 2.50. The second-order valence-electron chi connectivity index (χ2n) is 5.46. The second kappa shape index (κ2) is 7.20. The van der Waals surface area contributed by atoms with Gasteiger partial charge in [0.15, 0.2) is 5.75 Å². The number of pyridine rings is 1. The van der Waals surface area contributed by atoms with Crippen LogP contribution in [0.25, 0.3) is 0 Å². The summed E-state index contributed by atoms with van der Waals surface area (Å²) in [5, 5.41) is 0. The van der Waals surface area contributed by atoms with Crippen molar-refractivity contribution in [3.05, 3.63) is 23.5 Å². The zero-order valence-corrected chi connectivity index (χ0v) is 12.6. The molecule has 1 aromatic rings. The molecule has 1 aliphatic carbocycles. The molecule has 0 radical (unpaired) electrons. The number of carbonyl (C=O) groups excluding carboxylic acids is 2. The number of ether oxygens (including phenoxy) is 2. The van der Waals surface area contributed by atoms with E-state index in [1.807, 2.05) is 0 Å². The highest BCUT2D eigenvalue weighted by Crippen LogP contribution is 2.25. The Kier molecular flexibility index (Phi) is 5.31. The molecule has 5 heteroatoms. The van der Waals surface area contributed by atoms with Crippen molar-refractivity contribution in [2.24, 2.45) is 5.92 Å². The number of hydrogen-bond donors (Lipinski definition) is 0. The minimum Gasteiger partial charge on any atom is -0.461 e. The Balaban J connectivity index is 1.93. The smallest absolute Gasteiger partial charge is 0.309 e. The van der Waals surface area contributed by atoms with Gasteiger partial charge in [-0.25, -0.2) is 0 Å². The van der Waals surface area contributed by atoms with Crippen LogP contribution in [0.1, 0.15) is 50.3 Å². The van der Waals surface area contributed by atoms with Gasteiger partial charge in [0.05, 0.1) is 11.6 Å². The van der Waals surface area contributed by atoms with Crippen molar-refractivity contribution in [3.8, 4) is 5.75 Å². The summed E-state index contributed by atoms with van der Waals surface area (Å²) in [5.74, 6) is -0.0839. The molecule has 0 unspecified atom stereocenters. The van der Waals surface area contributed by atoms with Gasteiger partial charge in [-0.2, -0.15) is 0 Å². The zero-order valence-electron chi connectivity index (χ0n) is 12.6. The molecule has 21 heavy (non-hydrogen) atoms. The maximum absolute atomic E-state index is 12.0. The molecule has 1 fully saturated rings. The lowest BCUT2D eigenvalue weighted by Gasteiger charge is -2.19. The second-order valence-corrected chi connectivity index (χ2v) is 5.46.